The monoisotopic (exact) mass is 544 g/mol. The van der Waals surface area contributed by atoms with Gasteiger partial charge >= 0.3 is 0 Å². The maximum atomic E-state index is 12.5. The highest BCUT2D eigenvalue weighted by molar-refractivity contribution is 5.94. The third-order valence-electron chi connectivity index (χ3n) is 6.55. The van der Waals surface area contributed by atoms with Gasteiger partial charge in [0, 0.05) is 36.4 Å². The standard InChI is InChI=1S/C27H44N8O4/c1-3-20(4-2)30-25-33-26(35-27(34-25)32-22-9-11-23(36)12-10-22)31-21-7-5-19(6-8-21)24(37)29-14-16-39-18-17-38-15-13-28/h5-8,20,22-23,36H,3-4,9-18,28H2,1-2H3,(H,29,37)(H3,30,31,32,33,34,35). The van der Waals surface area contributed by atoms with E-state index in [1.165, 1.54) is 0 Å². The van der Waals surface area contributed by atoms with Gasteiger partial charge in [-0.25, -0.2) is 0 Å². The zero-order valence-electron chi connectivity index (χ0n) is 23.1. The van der Waals surface area contributed by atoms with E-state index in [0.717, 1.165) is 44.2 Å². The Kier molecular flexibility index (Phi) is 13.1. The molecule has 1 aromatic heterocycles. The van der Waals surface area contributed by atoms with E-state index in [-0.39, 0.29) is 24.1 Å². The summed E-state index contributed by atoms with van der Waals surface area (Å²) >= 11 is 0. The predicted octanol–water partition coefficient (Wildman–Crippen LogP) is 2.65. The second-order valence-electron chi connectivity index (χ2n) is 9.59. The quantitative estimate of drug-likeness (QED) is 0.162. The molecule has 0 bridgehead atoms. The molecule has 0 atom stereocenters. The van der Waals surface area contributed by atoms with Gasteiger partial charge in [0.05, 0.1) is 32.5 Å². The number of aromatic nitrogens is 3. The van der Waals surface area contributed by atoms with E-state index in [4.69, 9.17) is 15.2 Å². The van der Waals surface area contributed by atoms with Crippen LogP contribution in [-0.4, -0.2) is 83.7 Å². The van der Waals surface area contributed by atoms with Crippen LogP contribution >= 0.6 is 0 Å². The number of rotatable bonds is 17. The molecule has 0 aliphatic heterocycles. The zero-order chi connectivity index (χ0) is 27.9. The molecule has 0 unspecified atom stereocenters. The van der Waals surface area contributed by atoms with E-state index >= 15 is 0 Å². The van der Waals surface area contributed by atoms with Gasteiger partial charge in [0.1, 0.15) is 0 Å². The molecule has 7 N–H and O–H groups in total. The number of hydrogen-bond acceptors (Lipinski definition) is 11. The molecule has 1 aromatic carbocycles. The third kappa shape index (κ3) is 10.9. The number of ether oxygens (including phenoxy) is 2. The molecule has 1 heterocycles. The number of aliphatic hydroxyl groups is 1. The second-order valence-corrected chi connectivity index (χ2v) is 9.59. The highest BCUT2D eigenvalue weighted by Crippen LogP contribution is 2.23. The molecule has 216 valence electrons. The molecular formula is C27H44N8O4. The Balaban J connectivity index is 1.57. The van der Waals surface area contributed by atoms with Crippen LogP contribution < -0.4 is 27.0 Å². The lowest BCUT2D eigenvalue weighted by Gasteiger charge is -2.26. The normalized spacial score (nSPS) is 17.2. The van der Waals surface area contributed by atoms with Crippen molar-refractivity contribution in [2.45, 2.75) is 70.6 Å². The van der Waals surface area contributed by atoms with Gasteiger partial charge in [-0.2, -0.15) is 15.0 Å². The van der Waals surface area contributed by atoms with Crippen molar-refractivity contribution in [1.82, 2.24) is 20.3 Å². The largest absolute Gasteiger partial charge is 0.393 e. The molecule has 0 spiro atoms. The van der Waals surface area contributed by atoms with Crippen LogP contribution in [0, 0.1) is 0 Å². The Morgan fingerprint density at radius 2 is 1.59 bits per heavy atom. The summed E-state index contributed by atoms with van der Waals surface area (Å²) < 4.78 is 10.7. The van der Waals surface area contributed by atoms with Crippen molar-refractivity contribution >= 4 is 29.4 Å². The SMILES string of the molecule is CCC(CC)Nc1nc(Nc2ccc(C(=O)NCCOCCOCCN)cc2)nc(NC2CCC(O)CC2)n1. The maximum Gasteiger partial charge on any atom is 0.251 e. The Morgan fingerprint density at radius 3 is 2.26 bits per heavy atom. The number of benzene rings is 1. The van der Waals surface area contributed by atoms with Crippen molar-refractivity contribution in [3.63, 3.8) is 0 Å². The van der Waals surface area contributed by atoms with Gasteiger partial charge in [-0.15, -0.1) is 0 Å². The summed E-state index contributed by atoms with van der Waals surface area (Å²) in [5.41, 5.74) is 6.65. The average Bonchev–Trinajstić information content (AvgIpc) is 2.94. The molecule has 1 aliphatic rings. The smallest absolute Gasteiger partial charge is 0.251 e. The first kappa shape index (κ1) is 30.5. The fourth-order valence-corrected chi connectivity index (χ4v) is 4.22. The van der Waals surface area contributed by atoms with E-state index in [1.807, 2.05) is 12.1 Å². The van der Waals surface area contributed by atoms with Crippen LogP contribution in [0.3, 0.4) is 0 Å². The molecular weight excluding hydrogens is 500 g/mol. The summed E-state index contributed by atoms with van der Waals surface area (Å²) in [6.07, 6.45) is 4.94. The number of aliphatic hydroxyl groups excluding tert-OH is 1. The van der Waals surface area contributed by atoms with Gasteiger partial charge in [0.2, 0.25) is 17.8 Å². The number of anilines is 4. The number of carbonyl (C=O) groups excluding carboxylic acids is 1. The molecule has 12 heteroatoms. The first-order chi connectivity index (χ1) is 19.0. The predicted molar refractivity (Wildman–Crippen MR) is 152 cm³/mol. The highest BCUT2D eigenvalue weighted by Gasteiger charge is 2.21. The van der Waals surface area contributed by atoms with Gasteiger partial charge in [-0.05, 0) is 62.8 Å². The summed E-state index contributed by atoms with van der Waals surface area (Å²) in [6, 6.07) is 7.58. The fraction of sp³-hybridized carbons (Fsp3) is 0.630. The van der Waals surface area contributed by atoms with E-state index < -0.39 is 0 Å². The molecule has 12 nitrogen and oxygen atoms in total. The Labute approximate surface area is 230 Å². The summed E-state index contributed by atoms with van der Waals surface area (Å²) in [7, 11) is 0. The minimum Gasteiger partial charge on any atom is -0.393 e. The third-order valence-corrected chi connectivity index (χ3v) is 6.55. The Hall–Kier alpha value is -3.06. The van der Waals surface area contributed by atoms with Crippen LogP contribution in [0.2, 0.25) is 0 Å². The van der Waals surface area contributed by atoms with Gasteiger partial charge in [0.25, 0.3) is 5.91 Å². The first-order valence-electron chi connectivity index (χ1n) is 14.0. The van der Waals surface area contributed by atoms with Crippen molar-refractivity contribution in [3.8, 4) is 0 Å². The van der Waals surface area contributed by atoms with E-state index in [1.54, 1.807) is 12.1 Å². The van der Waals surface area contributed by atoms with Crippen LogP contribution in [0.5, 0.6) is 0 Å². The van der Waals surface area contributed by atoms with Gasteiger partial charge in [-0.3, -0.25) is 4.79 Å². The molecule has 1 aliphatic carbocycles. The number of nitrogens with two attached hydrogens (primary N) is 1. The van der Waals surface area contributed by atoms with Crippen LogP contribution in [-0.2, 0) is 9.47 Å². The Morgan fingerprint density at radius 1 is 0.949 bits per heavy atom. The summed E-state index contributed by atoms with van der Waals surface area (Å²) in [5.74, 6) is 1.22. The summed E-state index contributed by atoms with van der Waals surface area (Å²) in [5, 5.41) is 22.7. The topological polar surface area (TPSA) is 169 Å². The average molecular weight is 545 g/mol. The van der Waals surface area contributed by atoms with E-state index in [0.29, 0.717) is 62.9 Å². The number of hydrogen-bond donors (Lipinski definition) is 6. The lowest BCUT2D eigenvalue weighted by atomic mass is 9.93. The summed E-state index contributed by atoms with van der Waals surface area (Å²) in [4.78, 5) is 26.2. The van der Waals surface area contributed by atoms with Crippen LogP contribution in [0.4, 0.5) is 23.5 Å². The van der Waals surface area contributed by atoms with Crippen LogP contribution in [0.1, 0.15) is 62.7 Å². The minimum absolute atomic E-state index is 0.176. The molecule has 39 heavy (non-hydrogen) atoms. The Bertz CT molecular complexity index is 982. The molecule has 3 rings (SSSR count). The highest BCUT2D eigenvalue weighted by atomic mass is 16.5. The summed E-state index contributed by atoms with van der Waals surface area (Å²) in [6.45, 7) is 7.00. The van der Waals surface area contributed by atoms with E-state index in [2.05, 4.69) is 50.1 Å². The maximum absolute atomic E-state index is 12.5. The molecule has 0 radical (unpaired) electrons. The molecule has 1 fully saturated rings. The number of nitrogens with one attached hydrogen (secondary N) is 4. The molecule has 1 saturated carbocycles. The molecule has 1 amide bonds. The van der Waals surface area contributed by atoms with Gasteiger partial charge in [-0.1, -0.05) is 13.8 Å². The number of amides is 1. The number of nitrogens with zero attached hydrogens (tertiary/aromatic N) is 3. The lowest BCUT2D eigenvalue weighted by molar-refractivity contribution is 0.0511. The van der Waals surface area contributed by atoms with Gasteiger partial charge in [0.15, 0.2) is 0 Å². The van der Waals surface area contributed by atoms with Crippen molar-refractivity contribution < 1.29 is 19.4 Å². The van der Waals surface area contributed by atoms with Gasteiger partial charge < -0.3 is 41.6 Å². The second kappa shape index (κ2) is 16.8. The van der Waals surface area contributed by atoms with Crippen molar-refractivity contribution in [2.24, 2.45) is 5.73 Å². The molecule has 0 saturated heterocycles. The first-order valence-corrected chi connectivity index (χ1v) is 14.0. The lowest BCUT2D eigenvalue weighted by Crippen LogP contribution is -2.29. The number of carbonyl (C=O) groups is 1. The molecule has 2 aromatic rings. The fourth-order valence-electron chi connectivity index (χ4n) is 4.22. The van der Waals surface area contributed by atoms with E-state index in [9.17, 15) is 9.90 Å². The zero-order valence-corrected chi connectivity index (χ0v) is 23.1. The van der Waals surface area contributed by atoms with Crippen molar-refractivity contribution in [2.75, 3.05) is 55.5 Å². The van der Waals surface area contributed by atoms with Crippen LogP contribution in [0.25, 0.3) is 0 Å². The van der Waals surface area contributed by atoms with Crippen molar-refractivity contribution in [3.05, 3.63) is 29.8 Å². The minimum atomic E-state index is -0.226. The van der Waals surface area contributed by atoms with Crippen molar-refractivity contribution in [1.29, 1.82) is 0 Å². The van der Waals surface area contributed by atoms with Crippen LogP contribution in [0.15, 0.2) is 24.3 Å².